The van der Waals surface area contributed by atoms with E-state index in [1.54, 1.807) is 0 Å². The van der Waals surface area contributed by atoms with Crippen LogP contribution in [-0.4, -0.2) is 0 Å². The van der Waals surface area contributed by atoms with E-state index >= 15 is 0 Å². The van der Waals surface area contributed by atoms with Gasteiger partial charge in [0.1, 0.15) is 0 Å². The number of benzene rings is 1. The number of hydrogen-bond donors (Lipinski definition) is 0. The summed E-state index contributed by atoms with van der Waals surface area (Å²) in [5, 5.41) is 0. The van der Waals surface area contributed by atoms with E-state index in [1.807, 2.05) is 0 Å². The molecule has 0 saturated heterocycles. The molecule has 1 rings (SSSR count). The minimum absolute atomic E-state index is 0.855. The van der Waals surface area contributed by atoms with Crippen LogP contribution in [0, 0.1) is 17.8 Å². The fourth-order valence-corrected chi connectivity index (χ4v) is 2.71. The van der Waals surface area contributed by atoms with Gasteiger partial charge in [0.05, 0.1) is 0 Å². The first-order valence-electron chi connectivity index (χ1n) is 7.22. The zero-order valence-electron chi connectivity index (χ0n) is 11.9. The molecule has 1 aromatic carbocycles. The predicted octanol–water partition coefficient (Wildman–Crippen LogP) is 5.33. The van der Waals surface area contributed by atoms with Gasteiger partial charge in [-0.3, -0.25) is 0 Å². The third-order valence-electron chi connectivity index (χ3n) is 4.36. The average Bonchev–Trinajstić information content (AvgIpc) is 2.39. The first-order valence-corrected chi connectivity index (χ1v) is 7.22. The van der Waals surface area contributed by atoms with Gasteiger partial charge in [0, 0.05) is 0 Å². The molecule has 0 radical (unpaired) electrons. The Morgan fingerprint density at radius 1 is 0.882 bits per heavy atom. The largest absolute Gasteiger partial charge is 0.0651 e. The molecule has 0 N–H and O–H groups in total. The lowest BCUT2D eigenvalue weighted by Gasteiger charge is -2.28. The molecule has 0 aliphatic heterocycles. The Hall–Kier alpha value is -0.780. The van der Waals surface area contributed by atoms with Gasteiger partial charge in [-0.2, -0.15) is 0 Å². The molecule has 2 unspecified atom stereocenters. The molecule has 0 aliphatic rings. The van der Waals surface area contributed by atoms with Crippen molar-refractivity contribution in [1.82, 2.24) is 0 Å². The van der Waals surface area contributed by atoms with Crippen LogP contribution in [-0.2, 0) is 6.42 Å². The van der Waals surface area contributed by atoms with Crippen LogP contribution in [0.25, 0.3) is 0 Å². The van der Waals surface area contributed by atoms with Gasteiger partial charge in [0.15, 0.2) is 0 Å². The Balaban J connectivity index is 2.55. The van der Waals surface area contributed by atoms with Crippen molar-refractivity contribution in [1.29, 1.82) is 0 Å². The lowest BCUT2D eigenvalue weighted by molar-refractivity contribution is 0.228. The Labute approximate surface area is 107 Å². The molecule has 0 aliphatic carbocycles. The quantitative estimate of drug-likeness (QED) is 0.596. The zero-order valence-corrected chi connectivity index (χ0v) is 11.9. The van der Waals surface area contributed by atoms with Crippen molar-refractivity contribution >= 4 is 0 Å². The van der Waals surface area contributed by atoms with Crippen LogP contribution in [0.1, 0.15) is 52.5 Å². The Morgan fingerprint density at radius 2 is 1.41 bits per heavy atom. The topological polar surface area (TPSA) is 0 Å². The molecule has 96 valence electrons. The molecule has 17 heavy (non-hydrogen) atoms. The van der Waals surface area contributed by atoms with Gasteiger partial charge in [0.2, 0.25) is 0 Å². The maximum absolute atomic E-state index is 2.42. The first-order chi connectivity index (χ1) is 8.19. The van der Waals surface area contributed by atoms with Crippen molar-refractivity contribution in [3.63, 3.8) is 0 Å². The summed E-state index contributed by atoms with van der Waals surface area (Å²) in [7, 11) is 0. The van der Waals surface area contributed by atoms with E-state index in [1.165, 1.54) is 31.2 Å². The zero-order chi connectivity index (χ0) is 12.7. The SMILES string of the molecule is CCC(C)C(CCc1ccccc1)C(C)CC. The minimum atomic E-state index is 0.855. The highest BCUT2D eigenvalue weighted by Crippen LogP contribution is 2.30. The Bertz CT molecular complexity index is 278. The molecular weight excluding hydrogens is 204 g/mol. The van der Waals surface area contributed by atoms with Gasteiger partial charge >= 0.3 is 0 Å². The van der Waals surface area contributed by atoms with E-state index in [0.717, 1.165) is 17.8 Å². The van der Waals surface area contributed by atoms with Crippen LogP contribution in [0.5, 0.6) is 0 Å². The fourth-order valence-electron chi connectivity index (χ4n) is 2.71. The molecule has 0 nitrogen and oxygen atoms in total. The molecule has 0 heterocycles. The van der Waals surface area contributed by atoms with Crippen LogP contribution in [0.15, 0.2) is 30.3 Å². The van der Waals surface area contributed by atoms with E-state index in [9.17, 15) is 0 Å². The van der Waals surface area contributed by atoms with E-state index < -0.39 is 0 Å². The highest BCUT2D eigenvalue weighted by molar-refractivity contribution is 5.14. The second kappa shape index (κ2) is 7.53. The molecule has 0 saturated carbocycles. The van der Waals surface area contributed by atoms with Crippen molar-refractivity contribution in [2.75, 3.05) is 0 Å². The summed E-state index contributed by atoms with van der Waals surface area (Å²) >= 11 is 0. The number of rotatable bonds is 7. The van der Waals surface area contributed by atoms with Crippen LogP contribution < -0.4 is 0 Å². The van der Waals surface area contributed by atoms with Crippen molar-refractivity contribution in [2.24, 2.45) is 17.8 Å². The Morgan fingerprint density at radius 3 is 1.88 bits per heavy atom. The second-order valence-corrected chi connectivity index (χ2v) is 5.46. The molecule has 0 heteroatoms. The van der Waals surface area contributed by atoms with Gasteiger partial charge < -0.3 is 0 Å². The maximum atomic E-state index is 2.42. The van der Waals surface area contributed by atoms with E-state index in [-0.39, 0.29) is 0 Å². The van der Waals surface area contributed by atoms with Crippen molar-refractivity contribution < 1.29 is 0 Å². The molecule has 0 bridgehead atoms. The first kappa shape index (κ1) is 14.3. The average molecular weight is 232 g/mol. The molecule has 0 fully saturated rings. The van der Waals surface area contributed by atoms with Gasteiger partial charge in [-0.25, -0.2) is 0 Å². The summed E-state index contributed by atoms with van der Waals surface area (Å²) in [4.78, 5) is 0. The summed E-state index contributed by atoms with van der Waals surface area (Å²) in [6, 6.07) is 10.9. The molecular formula is C17H28. The van der Waals surface area contributed by atoms with Crippen LogP contribution in [0.3, 0.4) is 0 Å². The van der Waals surface area contributed by atoms with E-state index in [0.29, 0.717) is 0 Å². The molecule has 0 amide bonds. The Kier molecular flexibility index (Phi) is 6.32. The van der Waals surface area contributed by atoms with Crippen LogP contribution >= 0.6 is 0 Å². The highest BCUT2D eigenvalue weighted by atomic mass is 14.3. The monoisotopic (exact) mass is 232 g/mol. The fraction of sp³-hybridized carbons (Fsp3) is 0.647. The molecule has 0 spiro atoms. The van der Waals surface area contributed by atoms with Crippen LogP contribution in [0.2, 0.25) is 0 Å². The smallest absolute Gasteiger partial charge is 0.0276 e. The van der Waals surface area contributed by atoms with Crippen LogP contribution in [0.4, 0.5) is 0 Å². The summed E-state index contributed by atoms with van der Waals surface area (Å²) < 4.78 is 0. The van der Waals surface area contributed by atoms with Crippen molar-refractivity contribution in [3.8, 4) is 0 Å². The van der Waals surface area contributed by atoms with Gasteiger partial charge in [-0.1, -0.05) is 70.9 Å². The number of hydrogen-bond acceptors (Lipinski definition) is 0. The van der Waals surface area contributed by atoms with Gasteiger partial charge in [0.25, 0.3) is 0 Å². The van der Waals surface area contributed by atoms with Gasteiger partial charge in [-0.05, 0) is 36.2 Å². The van der Waals surface area contributed by atoms with E-state index in [4.69, 9.17) is 0 Å². The molecule has 0 aromatic heterocycles. The molecule has 2 atom stereocenters. The molecule has 1 aromatic rings. The predicted molar refractivity (Wildman–Crippen MR) is 77.2 cm³/mol. The lowest BCUT2D eigenvalue weighted by Crippen LogP contribution is -2.19. The summed E-state index contributed by atoms with van der Waals surface area (Å²) in [5.74, 6) is 2.59. The lowest BCUT2D eigenvalue weighted by atomic mass is 9.77. The summed E-state index contributed by atoms with van der Waals surface area (Å²) in [5.41, 5.74) is 1.49. The highest BCUT2D eigenvalue weighted by Gasteiger charge is 2.20. The number of aryl methyl sites for hydroxylation is 1. The summed E-state index contributed by atoms with van der Waals surface area (Å²) in [6.07, 6.45) is 5.20. The van der Waals surface area contributed by atoms with Gasteiger partial charge in [-0.15, -0.1) is 0 Å². The maximum Gasteiger partial charge on any atom is -0.0276 e. The summed E-state index contributed by atoms with van der Waals surface area (Å²) in [6.45, 7) is 9.48. The third kappa shape index (κ3) is 4.53. The van der Waals surface area contributed by atoms with E-state index in [2.05, 4.69) is 58.0 Å². The second-order valence-electron chi connectivity index (χ2n) is 5.46. The normalized spacial score (nSPS) is 16.5. The van der Waals surface area contributed by atoms with Crippen molar-refractivity contribution in [3.05, 3.63) is 35.9 Å². The van der Waals surface area contributed by atoms with Crippen molar-refractivity contribution in [2.45, 2.75) is 53.4 Å². The minimum Gasteiger partial charge on any atom is -0.0651 e. The third-order valence-corrected chi connectivity index (χ3v) is 4.36. The standard InChI is InChI=1S/C17H28/c1-5-14(3)17(15(4)6-2)13-12-16-10-8-7-9-11-16/h7-11,14-15,17H,5-6,12-13H2,1-4H3.